The summed E-state index contributed by atoms with van der Waals surface area (Å²) in [5.74, 6) is 1.55. The van der Waals surface area contributed by atoms with Gasteiger partial charge in [-0.1, -0.05) is 6.07 Å². The van der Waals surface area contributed by atoms with Gasteiger partial charge in [0.1, 0.15) is 6.54 Å². The van der Waals surface area contributed by atoms with Crippen molar-refractivity contribution in [2.24, 2.45) is 0 Å². The first kappa shape index (κ1) is 19.6. The number of methoxy groups -OCH3 is 2. The molecule has 0 bridgehead atoms. The molecule has 2 heterocycles. The molecule has 0 amide bonds. The van der Waals surface area contributed by atoms with Crippen molar-refractivity contribution < 1.29 is 14.4 Å². The van der Waals surface area contributed by atoms with Crippen LogP contribution in [-0.2, 0) is 19.6 Å². The number of fused-ring (bicyclic) bond motifs is 1. The fraction of sp³-hybridized carbons (Fsp3) is 0.381. The molecule has 1 aromatic heterocycles. The molecule has 3 aromatic rings. The van der Waals surface area contributed by atoms with Crippen LogP contribution < -0.4 is 14.4 Å². The predicted octanol–water partition coefficient (Wildman–Crippen LogP) is 2.03. The van der Waals surface area contributed by atoms with Crippen LogP contribution in [0.15, 0.2) is 30.3 Å². The molecule has 1 N–H and O–H groups in total. The van der Waals surface area contributed by atoms with Crippen LogP contribution in [0.1, 0.15) is 22.3 Å². The Labute approximate surface area is 175 Å². The molecule has 4 rings (SSSR count). The highest BCUT2D eigenvalue weighted by molar-refractivity contribution is 7.71. The molecule has 7 nitrogen and oxygen atoms in total. The van der Waals surface area contributed by atoms with E-state index in [9.17, 15) is 0 Å². The maximum absolute atomic E-state index is 5.66. The Balaban J connectivity index is 1.56. The number of ether oxygens (including phenoxy) is 2. The highest BCUT2D eigenvalue weighted by Crippen LogP contribution is 2.31. The highest BCUT2D eigenvalue weighted by atomic mass is 32.1. The van der Waals surface area contributed by atoms with Crippen molar-refractivity contribution in [3.8, 4) is 17.2 Å². The van der Waals surface area contributed by atoms with Gasteiger partial charge in [-0.05, 0) is 77.4 Å². The largest absolute Gasteiger partial charge is 0.493 e. The van der Waals surface area contributed by atoms with Crippen LogP contribution in [0.25, 0.3) is 5.69 Å². The fourth-order valence-electron chi connectivity index (χ4n) is 3.98. The van der Waals surface area contributed by atoms with Gasteiger partial charge in [0.15, 0.2) is 18.2 Å². The van der Waals surface area contributed by atoms with Gasteiger partial charge in [0.2, 0.25) is 4.77 Å². The molecule has 0 radical (unpaired) electrons. The van der Waals surface area contributed by atoms with E-state index in [0.29, 0.717) is 11.4 Å². The summed E-state index contributed by atoms with van der Waals surface area (Å²) in [5.41, 5.74) is 5.90. The molecule has 29 heavy (non-hydrogen) atoms. The Kier molecular flexibility index (Phi) is 5.38. The number of aryl methyl sites for hydroxylation is 2. The number of tetrazole rings is 1. The Morgan fingerprint density at radius 1 is 0.966 bits per heavy atom. The quantitative estimate of drug-likeness (QED) is 0.650. The van der Waals surface area contributed by atoms with Crippen molar-refractivity contribution in [2.75, 3.05) is 20.8 Å². The van der Waals surface area contributed by atoms with E-state index < -0.39 is 0 Å². The second-order valence-corrected chi connectivity index (χ2v) is 7.94. The number of nitrogens with one attached hydrogen (secondary N) is 1. The number of hydrogen-bond acceptors (Lipinski definition) is 5. The van der Waals surface area contributed by atoms with E-state index in [1.165, 1.54) is 27.2 Å². The maximum atomic E-state index is 5.66. The van der Waals surface area contributed by atoms with Gasteiger partial charge in [0, 0.05) is 12.0 Å². The molecule has 0 fully saturated rings. The molecular weight excluding hydrogens is 386 g/mol. The van der Waals surface area contributed by atoms with Gasteiger partial charge in [-0.3, -0.25) is 0 Å². The summed E-state index contributed by atoms with van der Waals surface area (Å²) in [4.78, 5) is 1.38. The van der Waals surface area contributed by atoms with Gasteiger partial charge in [-0.2, -0.15) is 9.36 Å². The number of nitrogens with zero attached hydrogens (tertiary/aromatic N) is 4. The predicted molar refractivity (Wildman–Crippen MR) is 112 cm³/mol. The first-order chi connectivity index (χ1) is 14.0. The standard InChI is InChI=1S/C21H25N5O2S/c1-14-7-15(2)9-18(8-14)26-21(29)25(22-23-26)13-24-6-5-16-10-19(27-3)20(28-4)11-17(16)12-24/h7-11H,5-6,12-13H2,1-4H3/p+1. The van der Waals surface area contributed by atoms with E-state index in [-0.39, 0.29) is 0 Å². The van der Waals surface area contributed by atoms with E-state index in [1.54, 1.807) is 18.9 Å². The lowest BCUT2D eigenvalue weighted by atomic mass is 9.99. The lowest BCUT2D eigenvalue weighted by molar-refractivity contribution is -0.939. The van der Waals surface area contributed by atoms with Crippen LogP contribution in [0, 0.1) is 18.6 Å². The third-order valence-electron chi connectivity index (χ3n) is 5.36. The molecule has 1 aliphatic heterocycles. The van der Waals surface area contributed by atoms with E-state index in [0.717, 1.165) is 36.7 Å². The maximum Gasteiger partial charge on any atom is 0.225 e. The third kappa shape index (κ3) is 3.90. The van der Waals surface area contributed by atoms with Crippen molar-refractivity contribution in [2.45, 2.75) is 33.5 Å². The number of aromatic nitrogens is 4. The van der Waals surface area contributed by atoms with Gasteiger partial charge >= 0.3 is 0 Å². The van der Waals surface area contributed by atoms with Gasteiger partial charge < -0.3 is 14.4 Å². The molecule has 8 heteroatoms. The van der Waals surface area contributed by atoms with E-state index in [4.69, 9.17) is 21.7 Å². The minimum atomic E-state index is 0.612. The zero-order chi connectivity index (χ0) is 20.5. The van der Waals surface area contributed by atoms with Crippen LogP contribution in [-0.4, -0.2) is 40.6 Å². The summed E-state index contributed by atoms with van der Waals surface area (Å²) in [5, 5.41) is 8.63. The number of rotatable bonds is 5. The molecule has 0 aliphatic carbocycles. The highest BCUT2D eigenvalue weighted by Gasteiger charge is 2.23. The normalized spacial score (nSPS) is 15.8. The van der Waals surface area contributed by atoms with E-state index in [2.05, 4.69) is 54.6 Å². The van der Waals surface area contributed by atoms with Crippen LogP contribution >= 0.6 is 12.2 Å². The summed E-state index contributed by atoms with van der Waals surface area (Å²) in [6, 6.07) is 10.5. The van der Waals surface area contributed by atoms with Crippen LogP contribution in [0.4, 0.5) is 0 Å². The fourth-order valence-corrected chi connectivity index (χ4v) is 4.23. The third-order valence-corrected chi connectivity index (χ3v) is 5.74. The molecule has 1 aliphatic rings. The number of hydrogen-bond donors (Lipinski definition) is 1. The van der Waals surface area contributed by atoms with Gasteiger partial charge in [0.25, 0.3) is 0 Å². The average Bonchev–Trinajstić information content (AvgIpc) is 3.06. The van der Waals surface area contributed by atoms with Crippen molar-refractivity contribution in [1.29, 1.82) is 0 Å². The molecule has 152 valence electrons. The molecule has 1 unspecified atom stereocenters. The minimum absolute atomic E-state index is 0.612. The molecule has 2 aromatic carbocycles. The van der Waals surface area contributed by atoms with E-state index >= 15 is 0 Å². The summed E-state index contributed by atoms with van der Waals surface area (Å²) < 4.78 is 15.1. The van der Waals surface area contributed by atoms with Crippen molar-refractivity contribution in [3.63, 3.8) is 0 Å². The number of quaternary nitrogens is 1. The van der Waals surface area contributed by atoms with Gasteiger partial charge in [-0.15, -0.1) is 0 Å². The molecular formula is C21H26N5O2S+. The second-order valence-electron chi connectivity index (χ2n) is 7.58. The molecule has 0 saturated heterocycles. The van der Waals surface area contributed by atoms with E-state index in [1.807, 2.05) is 4.68 Å². The molecule has 0 spiro atoms. The molecule has 0 saturated carbocycles. The summed E-state index contributed by atoms with van der Waals surface area (Å²) in [6.07, 6.45) is 0.976. The van der Waals surface area contributed by atoms with Crippen LogP contribution in [0.5, 0.6) is 11.5 Å². The SMILES string of the molecule is COc1cc2c(cc1OC)C[NH+](Cn1nnn(-c3cc(C)cc(C)c3)c1=S)CC2. The monoisotopic (exact) mass is 412 g/mol. The lowest BCUT2D eigenvalue weighted by Crippen LogP contribution is -3.11. The molecule has 1 atom stereocenters. The van der Waals surface area contributed by atoms with Gasteiger partial charge in [0.05, 0.1) is 26.5 Å². The first-order valence-corrected chi connectivity index (χ1v) is 10.1. The summed E-state index contributed by atoms with van der Waals surface area (Å²) >= 11 is 5.66. The van der Waals surface area contributed by atoms with Crippen LogP contribution in [0.2, 0.25) is 0 Å². The average molecular weight is 413 g/mol. The smallest absolute Gasteiger partial charge is 0.225 e. The summed E-state index contributed by atoms with van der Waals surface area (Å²) in [6.45, 7) is 6.71. The van der Waals surface area contributed by atoms with Crippen molar-refractivity contribution in [3.05, 3.63) is 57.4 Å². The number of benzene rings is 2. The Hall–Kier alpha value is -2.71. The first-order valence-electron chi connectivity index (χ1n) is 9.67. The minimum Gasteiger partial charge on any atom is -0.493 e. The lowest BCUT2D eigenvalue weighted by Gasteiger charge is -2.26. The topological polar surface area (TPSA) is 58.5 Å². The van der Waals surface area contributed by atoms with Gasteiger partial charge in [-0.25, -0.2) is 0 Å². The Morgan fingerprint density at radius 3 is 2.28 bits per heavy atom. The van der Waals surface area contributed by atoms with Crippen molar-refractivity contribution in [1.82, 2.24) is 19.8 Å². The zero-order valence-electron chi connectivity index (χ0n) is 17.2. The Morgan fingerprint density at radius 2 is 1.62 bits per heavy atom. The van der Waals surface area contributed by atoms with Crippen molar-refractivity contribution >= 4 is 12.2 Å². The summed E-state index contributed by atoms with van der Waals surface area (Å²) in [7, 11) is 3.34. The van der Waals surface area contributed by atoms with Crippen LogP contribution in [0.3, 0.4) is 0 Å². The second kappa shape index (κ2) is 7.96. The zero-order valence-corrected chi connectivity index (χ0v) is 18.0. The Bertz CT molecular complexity index is 1080.